The lowest BCUT2D eigenvalue weighted by Crippen LogP contribution is -2.26. The zero-order valence-corrected chi connectivity index (χ0v) is 18.9. The Morgan fingerprint density at radius 3 is 2.30 bits per heavy atom. The van der Waals surface area contributed by atoms with Crippen molar-refractivity contribution >= 4 is 43.1 Å². The Balaban J connectivity index is 1.67. The van der Waals surface area contributed by atoms with Gasteiger partial charge in [0.2, 0.25) is 0 Å². The van der Waals surface area contributed by atoms with Gasteiger partial charge in [-0.3, -0.25) is 9.10 Å². The van der Waals surface area contributed by atoms with Crippen molar-refractivity contribution in [1.29, 1.82) is 0 Å². The predicted octanol–water partition coefficient (Wildman–Crippen LogP) is 4.58. The average Bonchev–Trinajstić information content (AvgIpc) is 2.77. The van der Waals surface area contributed by atoms with Crippen LogP contribution in [0.4, 0.5) is 11.4 Å². The highest BCUT2D eigenvalue weighted by Crippen LogP contribution is 2.26. The number of nitrogens with zero attached hydrogens (tertiary/aromatic N) is 1. The van der Waals surface area contributed by atoms with Gasteiger partial charge >= 0.3 is 0 Å². The number of benzene rings is 3. The number of carbonyl (C=O) groups excluding carboxylic acids is 1. The Hall–Kier alpha value is -2.84. The highest BCUT2D eigenvalue weighted by Gasteiger charge is 2.21. The van der Waals surface area contributed by atoms with Crippen LogP contribution in [0.5, 0.6) is 5.75 Å². The summed E-state index contributed by atoms with van der Waals surface area (Å²) in [6, 6.07) is 20.3. The molecule has 3 rings (SSSR count). The molecule has 8 heteroatoms. The summed E-state index contributed by atoms with van der Waals surface area (Å²) in [7, 11) is -0.596. The van der Waals surface area contributed by atoms with E-state index >= 15 is 0 Å². The van der Waals surface area contributed by atoms with E-state index in [4.69, 9.17) is 4.74 Å². The maximum Gasteiger partial charge on any atom is 0.264 e. The van der Waals surface area contributed by atoms with Gasteiger partial charge in [0.05, 0.1) is 28.7 Å². The Bertz CT molecular complexity index is 1130. The van der Waals surface area contributed by atoms with Crippen molar-refractivity contribution in [2.75, 3.05) is 30.3 Å². The van der Waals surface area contributed by atoms with Crippen LogP contribution in [0.15, 0.2) is 82.2 Å². The van der Waals surface area contributed by atoms with Crippen molar-refractivity contribution in [2.45, 2.75) is 4.90 Å². The van der Waals surface area contributed by atoms with Crippen molar-refractivity contribution in [1.82, 2.24) is 0 Å². The molecule has 156 valence electrons. The molecule has 6 nitrogen and oxygen atoms in total. The third kappa shape index (κ3) is 4.83. The normalized spacial score (nSPS) is 11.0. The number of para-hydroxylation sites is 1. The van der Waals surface area contributed by atoms with Gasteiger partial charge in [-0.2, -0.15) is 0 Å². The third-order valence-corrected chi connectivity index (χ3v) is 6.98. The minimum Gasteiger partial charge on any atom is -0.496 e. The van der Waals surface area contributed by atoms with E-state index in [2.05, 4.69) is 21.2 Å². The Kier molecular flexibility index (Phi) is 6.79. The molecule has 0 aliphatic carbocycles. The van der Waals surface area contributed by atoms with Crippen LogP contribution in [-0.2, 0) is 10.0 Å². The summed E-state index contributed by atoms with van der Waals surface area (Å²) in [5.41, 5.74) is 1.77. The van der Waals surface area contributed by atoms with Crippen molar-refractivity contribution in [3.63, 3.8) is 0 Å². The monoisotopic (exact) mass is 488 g/mol. The summed E-state index contributed by atoms with van der Waals surface area (Å²) < 4.78 is 32.7. The van der Waals surface area contributed by atoms with Gasteiger partial charge in [0.25, 0.3) is 10.0 Å². The molecule has 0 bridgehead atoms. The Morgan fingerprint density at radius 1 is 1.03 bits per heavy atom. The maximum atomic E-state index is 12.8. The minimum absolute atomic E-state index is 0.0782. The molecule has 0 amide bonds. The smallest absolute Gasteiger partial charge is 0.264 e. The first-order chi connectivity index (χ1) is 14.3. The molecule has 0 saturated heterocycles. The molecule has 0 saturated carbocycles. The summed E-state index contributed by atoms with van der Waals surface area (Å²) >= 11 is 3.37. The highest BCUT2D eigenvalue weighted by molar-refractivity contribution is 9.10. The van der Waals surface area contributed by atoms with Gasteiger partial charge in [-0.05, 0) is 70.5 Å². The van der Waals surface area contributed by atoms with Gasteiger partial charge in [0, 0.05) is 18.3 Å². The molecular formula is C22H21BrN2O4S. The number of carbonyl (C=O) groups is 1. The molecule has 0 aliphatic heterocycles. The van der Waals surface area contributed by atoms with Crippen molar-refractivity contribution in [3.05, 3.63) is 82.8 Å². The molecule has 0 heterocycles. The lowest BCUT2D eigenvalue weighted by molar-refractivity contribution is 0.101. The number of nitrogens with one attached hydrogen (secondary N) is 1. The van der Waals surface area contributed by atoms with E-state index in [1.165, 1.54) is 23.5 Å². The summed E-state index contributed by atoms with van der Waals surface area (Å²) in [6.07, 6.45) is 0. The van der Waals surface area contributed by atoms with Crippen molar-refractivity contribution in [2.24, 2.45) is 0 Å². The second kappa shape index (κ2) is 9.32. The molecule has 0 aliphatic rings. The number of halogens is 1. The van der Waals surface area contributed by atoms with E-state index in [1.807, 2.05) is 6.07 Å². The standard InChI is InChI=1S/C22H21BrN2O4S/c1-25(18-6-4-3-5-7-18)30(27,28)19-11-9-17(10-12-19)24-15-21(26)16-8-13-22(29-2)20(23)14-16/h3-14,24H,15H2,1-2H3. The van der Waals surface area contributed by atoms with Crippen LogP contribution >= 0.6 is 15.9 Å². The first-order valence-corrected chi connectivity index (χ1v) is 11.3. The number of ketones is 1. The topological polar surface area (TPSA) is 75.7 Å². The molecular weight excluding hydrogens is 468 g/mol. The summed E-state index contributed by atoms with van der Waals surface area (Å²) in [5.74, 6) is 0.552. The number of hydrogen-bond donors (Lipinski definition) is 1. The highest BCUT2D eigenvalue weighted by atomic mass is 79.9. The molecule has 1 N–H and O–H groups in total. The third-order valence-electron chi connectivity index (χ3n) is 4.56. The summed E-state index contributed by atoms with van der Waals surface area (Å²) in [4.78, 5) is 12.6. The number of methoxy groups -OCH3 is 1. The molecule has 0 unspecified atom stereocenters. The molecule has 0 atom stereocenters. The Morgan fingerprint density at radius 2 is 1.70 bits per heavy atom. The maximum absolute atomic E-state index is 12.8. The number of hydrogen-bond acceptors (Lipinski definition) is 5. The number of Topliss-reactive ketones (excluding diaryl/α,β-unsaturated/α-hetero) is 1. The van der Waals surface area contributed by atoms with Crippen LogP contribution < -0.4 is 14.4 Å². The zero-order chi connectivity index (χ0) is 21.7. The van der Waals surface area contributed by atoms with Gasteiger partial charge in [-0.1, -0.05) is 18.2 Å². The summed E-state index contributed by atoms with van der Waals surface area (Å²) in [6.45, 7) is 0.0782. The van der Waals surface area contributed by atoms with E-state index in [0.717, 1.165) is 0 Å². The van der Waals surface area contributed by atoms with E-state index in [-0.39, 0.29) is 17.2 Å². The first kappa shape index (κ1) is 21.9. The van der Waals surface area contributed by atoms with Crippen molar-refractivity contribution in [3.8, 4) is 5.75 Å². The van der Waals surface area contributed by atoms with Crippen molar-refractivity contribution < 1.29 is 17.9 Å². The minimum atomic E-state index is -3.67. The quantitative estimate of drug-likeness (QED) is 0.469. The lowest BCUT2D eigenvalue weighted by atomic mass is 10.1. The second-order valence-electron chi connectivity index (χ2n) is 6.46. The fourth-order valence-electron chi connectivity index (χ4n) is 2.80. The van der Waals surface area contributed by atoms with Gasteiger partial charge in [0.1, 0.15) is 5.75 Å². The molecule has 0 radical (unpaired) electrons. The molecule has 0 fully saturated rings. The molecule has 30 heavy (non-hydrogen) atoms. The van der Waals surface area contributed by atoms with E-state index in [9.17, 15) is 13.2 Å². The fraction of sp³-hybridized carbons (Fsp3) is 0.136. The van der Waals surface area contributed by atoms with Crippen LogP contribution in [0.1, 0.15) is 10.4 Å². The van der Waals surface area contributed by atoms with Crippen LogP contribution in [0.2, 0.25) is 0 Å². The van der Waals surface area contributed by atoms with Gasteiger partial charge < -0.3 is 10.1 Å². The molecule has 0 aromatic heterocycles. The first-order valence-electron chi connectivity index (χ1n) is 9.07. The number of ether oxygens (including phenoxy) is 1. The average molecular weight is 489 g/mol. The fourth-order valence-corrected chi connectivity index (χ4v) is 4.54. The Labute approximate surface area is 184 Å². The SMILES string of the molecule is COc1ccc(C(=O)CNc2ccc(S(=O)(=O)N(C)c3ccccc3)cc2)cc1Br. The van der Waals surface area contributed by atoms with E-state index in [0.29, 0.717) is 27.2 Å². The van der Waals surface area contributed by atoms with Crippen LogP contribution in [-0.4, -0.2) is 34.9 Å². The van der Waals surface area contributed by atoms with E-state index < -0.39 is 10.0 Å². The van der Waals surface area contributed by atoms with Crippen LogP contribution in [0, 0.1) is 0 Å². The van der Waals surface area contributed by atoms with Crippen LogP contribution in [0.3, 0.4) is 0 Å². The second-order valence-corrected chi connectivity index (χ2v) is 9.28. The van der Waals surface area contributed by atoms with Gasteiger partial charge in [-0.25, -0.2) is 8.42 Å². The van der Waals surface area contributed by atoms with E-state index in [1.54, 1.807) is 61.7 Å². The van der Waals surface area contributed by atoms with Gasteiger partial charge in [-0.15, -0.1) is 0 Å². The zero-order valence-electron chi connectivity index (χ0n) is 16.5. The molecule has 3 aromatic rings. The number of rotatable bonds is 8. The summed E-state index contributed by atoms with van der Waals surface area (Å²) in [5, 5.41) is 3.03. The largest absolute Gasteiger partial charge is 0.496 e. The van der Waals surface area contributed by atoms with Crippen LogP contribution in [0.25, 0.3) is 0 Å². The number of anilines is 2. The molecule has 3 aromatic carbocycles. The lowest BCUT2D eigenvalue weighted by Gasteiger charge is -2.19. The van der Waals surface area contributed by atoms with Gasteiger partial charge in [0.15, 0.2) is 5.78 Å². The number of sulfonamides is 1. The molecule has 0 spiro atoms. The predicted molar refractivity (Wildman–Crippen MR) is 122 cm³/mol.